The highest BCUT2D eigenvalue weighted by molar-refractivity contribution is 8.00. The minimum atomic E-state index is -0.814. The van der Waals surface area contributed by atoms with Crippen molar-refractivity contribution in [3.05, 3.63) is 83.9 Å². The normalized spacial score (nSPS) is 22.9. The lowest BCUT2D eigenvalue weighted by molar-refractivity contribution is -0.121. The summed E-state index contributed by atoms with van der Waals surface area (Å²) in [6, 6.07) is 21.3. The van der Waals surface area contributed by atoms with Crippen LogP contribution in [0.1, 0.15) is 43.0 Å². The number of halogens is 2. The van der Waals surface area contributed by atoms with E-state index in [-0.39, 0.29) is 29.5 Å². The molecule has 42 heavy (non-hydrogen) atoms. The first kappa shape index (κ1) is 28.7. The van der Waals surface area contributed by atoms with Crippen molar-refractivity contribution in [1.82, 2.24) is 14.5 Å². The van der Waals surface area contributed by atoms with E-state index in [9.17, 15) is 13.6 Å². The molecule has 4 aromatic rings. The number of aryl methyl sites for hydroxylation is 2. The molecule has 1 saturated carbocycles. The Balaban J connectivity index is 1.17. The van der Waals surface area contributed by atoms with Crippen LogP contribution in [0.25, 0.3) is 11.0 Å². The molecule has 1 aliphatic carbocycles. The third kappa shape index (κ3) is 6.03. The van der Waals surface area contributed by atoms with E-state index in [4.69, 9.17) is 0 Å². The molecule has 1 aliphatic heterocycles. The van der Waals surface area contributed by atoms with Crippen LogP contribution in [0.3, 0.4) is 0 Å². The summed E-state index contributed by atoms with van der Waals surface area (Å²) in [5, 5.41) is 2.81. The summed E-state index contributed by atoms with van der Waals surface area (Å²) in [5.41, 5.74) is 4.55. The molecule has 1 saturated heterocycles. The molecule has 1 amide bonds. The Bertz CT molecular complexity index is 1570. The lowest BCUT2D eigenvalue weighted by Crippen LogP contribution is -2.42. The van der Waals surface area contributed by atoms with Gasteiger partial charge in [-0.25, -0.2) is 13.8 Å². The molecule has 6 rings (SSSR count). The number of carbonyl (C=O) groups excluding carboxylic acids is 1. The number of nitrogens with zero attached hydrogens (tertiary/aromatic N) is 4. The third-order valence-electron chi connectivity index (χ3n) is 8.91. The third-order valence-corrected chi connectivity index (χ3v) is 9.86. The predicted molar refractivity (Wildman–Crippen MR) is 166 cm³/mol. The first-order valence-corrected chi connectivity index (χ1v) is 15.4. The molecule has 1 aromatic heterocycles. The van der Waals surface area contributed by atoms with Gasteiger partial charge < -0.3 is 14.2 Å². The number of imidazole rings is 1. The second kappa shape index (κ2) is 12.1. The SMILES string of the molecule is Cc1nc2cc(SN(C)c3ccc(C4CC(C(=O)Nc5ccccc5F)CC(N5CCC(F)C5)C4)cc3)ccc2n1C. The van der Waals surface area contributed by atoms with E-state index in [0.29, 0.717) is 32.4 Å². The monoisotopic (exact) mass is 589 g/mol. The number of hydrogen-bond acceptors (Lipinski definition) is 5. The minimum absolute atomic E-state index is 0.115. The lowest BCUT2D eigenvalue weighted by Gasteiger charge is -2.39. The number of likely N-dealkylation sites (tertiary alicyclic amines) is 1. The van der Waals surface area contributed by atoms with Gasteiger partial charge in [-0.1, -0.05) is 24.3 Å². The standard InChI is InChI=1S/C33H37F2N5OS/c1-21-36-31-19-28(12-13-32(31)38(21)2)42-39(3)26-10-8-22(9-11-26)23-16-24(18-27(17-23)40-15-14-25(34)20-40)33(41)37-30-7-5-4-6-29(30)35/h4-13,19,23-25,27H,14-18,20H2,1-3H3,(H,37,41). The van der Waals surface area contributed by atoms with Gasteiger partial charge in [0, 0.05) is 49.7 Å². The summed E-state index contributed by atoms with van der Waals surface area (Å²) in [4.78, 5) is 21.3. The molecule has 2 fully saturated rings. The first-order chi connectivity index (χ1) is 20.2. The van der Waals surface area contributed by atoms with Gasteiger partial charge in [0.1, 0.15) is 17.8 Å². The molecule has 0 bridgehead atoms. The van der Waals surface area contributed by atoms with Crippen molar-refractivity contribution in [2.45, 2.75) is 55.6 Å². The molecule has 9 heteroatoms. The fraction of sp³-hybridized carbons (Fsp3) is 0.394. The second-order valence-corrected chi connectivity index (χ2v) is 12.9. The van der Waals surface area contributed by atoms with Gasteiger partial charge >= 0.3 is 0 Å². The van der Waals surface area contributed by atoms with Crippen LogP contribution < -0.4 is 9.62 Å². The van der Waals surface area contributed by atoms with Gasteiger partial charge in [-0.15, -0.1) is 0 Å². The Labute approximate surface area is 250 Å². The van der Waals surface area contributed by atoms with Crippen molar-refractivity contribution in [1.29, 1.82) is 0 Å². The van der Waals surface area contributed by atoms with Crippen LogP contribution in [0.15, 0.2) is 71.6 Å². The van der Waals surface area contributed by atoms with Gasteiger partial charge in [0.2, 0.25) is 5.91 Å². The van der Waals surface area contributed by atoms with Crippen molar-refractivity contribution in [3.63, 3.8) is 0 Å². The van der Waals surface area contributed by atoms with Crippen molar-refractivity contribution in [3.8, 4) is 0 Å². The Morgan fingerprint density at radius 3 is 2.60 bits per heavy atom. The topological polar surface area (TPSA) is 53.4 Å². The van der Waals surface area contributed by atoms with Crippen LogP contribution in [0, 0.1) is 18.7 Å². The van der Waals surface area contributed by atoms with E-state index in [1.54, 1.807) is 30.1 Å². The Morgan fingerprint density at radius 2 is 1.86 bits per heavy atom. The maximum absolute atomic E-state index is 14.3. The van der Waals surface area contributed by atoms with Crippen LogP contribution in [0.5, 0.6) is 0 Å². The van der Waals surface area contributed by atoms with E-state index < -0.39 is 12.0 Å². The van der Waals surface area contributed by atoms with Gasteiger partial charge in [-0.3, -0.25) is 9.69 Å². The smallest absolute Gasteiger partial charge is 0.227 e. The van der Waals surface area contributed by atoms with E-state index in [0.717, 1.165) is 33.9 Å². The number of benzene rings is 3. The van der Waals surface area contributed by atoms with Crippen LogP contribution >= 0.6 is 11.9 Å². The fourth-order valence-electron chi connectivity index (χ4n) is 6.47. The number of nitrogens with one attached hydrogen (secondary N) is 1. The number of anilines is 2. The van der Waals surface area contributed by atoms with Gasteiger partial charge in [-0.05, 0) is 98.5 Å². The molecule has 2 aliphatic rings. The second-order valence-electron chi connectivity index (χ2n) is 11.7. The molecule has 0 spiro atoms. The van der Waals surface area contributed by atoms with E-state index in [1.807, 2.05) is 21.0 Å². The van der Waals surface area contributed by atoms with Crippen molar-refractivity contribution >= 4 is 40.3 Å². The molecular weight excluding hydrogens is 552 g/mol. The minimum Gasteiger partial charge on any atom is -0.331 e. The highest BCUT2D eigenvalue weighted by atomic mass is 32.2. The first-order valence-electron chi connectivity index (χ1n) is 14.6. The number of carbonyl (C=O) groups is 1. The maximum atomic E-state index is 14.3. The molecule has 6 nitrogen and oxygen atoms in total. The Hall–Kier alpha value is -3.43. The molecule has 2 heterocycles. The van der Waals surface area contributed by atoms with Crippen molar-refractivity contribution in [2.75, 3.05) is 29.8 Å². The van der Waals surface area contributed by atoms with Crippen molar-refractivity contribution < 1.29 is 13.6 Å². The molecule has 4 unspecified atom stereocenters. The Morgan fingerprint density at radius 1 is 1.07 bits per heavy atom. The number of amides is 1. The molecule has 1 N–H and O–H groups in total. The fourth-order valence-corrected chi connectivity index (χ4v) is 7.31. The molecular formula is C33H37F2N5OS. The number of aromatic nitrogens is 2. The van der Waals surface area contributed by atoms with Crippen molar-refractivity contribution in [2.24, 2.45) is 13.0 Å². The van der Waals surface area contributed by atoms with Crippen LogP contribution in [-0.4, -0.2) is 52.7 Å². The zero-order valence-electron chi connectivity index (χ0n) is 24.3. The summed E-state index contributed by atoms with van der Waals surface area (Å²) < 4.78 is 32.6. The van der Waals surface area contributed by atoms with Gasteiger partial charge in [0.25, 0.3) is 0 Å². The quantitative estimate of drug-likeness (QED) is 0.233. The summed E-state index contributed by atoms with van der Waals surface area (Å²) in [6.07, 6.45) is 1.94. The summed E-state index contributed by atoms with van der Waals surface area (Å²) in [6.45, 7) is 3.14. The highest BCUT2D eigenvalue weighted by Gasteiger charge is 2.38. The highest BCUT2D eigenvalue weighted by Crippen LogP contribution is 2.41. The molecule has 0 radical (unpaired) electrons. The summed E-state index contributed by atoms with van der Waals surface area (Å²) in [5.74, 6) is 0.249. The number of rotatable bonds is 7. The molecule has 3 aromatic carbocycles. The average Bonchev–Trinajstić information content (AvgIpc) is 3.55. The predicted octanol–water partition coefficient (Wildman–Crippen LogP) is 7.10. The lowest BCUT2D eigenvalue weighted by atomic mass is 9.74. The van der Waals surface area contributed by atoms with E-state index in [2.05, 4.69) is 66.5 Å². The number of alkyl halides is 1. The average molecular weight is 590 g/mol. The largest absolute Gasteiger partial charge is 0.331 e. The van der Waals surface area contributed by atoms with E-state index in [1.165, 1.54) is 11.6 Å². The van der Waals surface area contributed by atoms with Crippen LogP contribution in [-0.2, 0) is 11.8 Å². The summed E-state index contributed by atoms with van der Waals surface area (Å²) in [7, 11) is 4.08. The van der Waals surface area contributed by atoms with Gasteiger partial charge in [0.15, 0.2) is 0 Å². The number of fused-ring (bicyclic) bond motifs is 1. The molecule has 220 valence electrons. The Kier molecular flexibility index (Phi) is 8.23. The number of hydrogen-bond donors (Lipinski definition) is 1. The number of para-hydroxylation sites is 1. The van der Waals surface area contributed by atoms with E-state index >= 15 is 0 Å². The zero-order valence-corrected chi connectivity index (χ0v) is 25.1. The molecule has 4 atom stereocenters. The van der Waals surface area contributed by atoms with Crippen LogP contribution in [0.2, 0.25) is 0 Å². The maximum Gasteiger partial charge on any atom is 0.227 e. The van der Waals surface area contributed by atoms with Gasteiger partial charge in [0.05, 0.1) is 16.7 Å². The summed E-state index contributed by atoms with van der Waals surface area (Å²) >= 11 is 1.65. The van der Waals surface area contributed by atoms with Gasteiger partial charge in [-0.2, -0.15) is 0 Å². The van der Waals surface area contributed by atoms with Crippen LogP contribution in [0.4, 0.5) is 20.2 Å². The zero-order chi connectivity index (χ0) is 29.4.